The lowest BCUT2D eigenvalue weighted by atomic mass is 10.3. The summed E-state index contributed by atoms with van der Waals surface area (Å²) in [4.78, 5) is 26.6. The SMILES string of the molecule is CC(=O)Nc1nc2ccccc2c(=O)s1. The Kier molecular flexibility index (Phi) is 2.47. The predicted octanol–water partition coefficient (Wildman–Crippen LogP) is 1.61. The van der Waals surface area contributed by atoms with Gasteiger partial charge in [-0.3, -0.25) is 9.59 Å². The third-order valence-electron chi connectivity index (χ3n) is 1.82. The summed E-state index contributed by atoms with van der Waals surface area (Å²) in [5.74, 6) is -0.228. The van der Waals surface area contributed by atoms with Gasteiger partial charge in [0.15, 0.2) is 5.13 Å². The van der Waals surface area contributed by atoms with E-state index in [2.05, 4.69) is 10.3 Å². The minimum Gasteiger partial charge on any atom is -0.302 e. The monoisotopic (exact) mass is 220 g/mol. The number of hydrogen-bond acceptors (Lipinski definition) is 4. The molecule has 0 aliphatic rings. The zero-order chi connectivity index (χ0) is 10.8. The first-order valence-corrected chi connectivity index (χ1v) is 5.16. The molecule has 0 fully saturated rings. The van der Waals surface area contributed by atoms with Gasteiger partial charge in [0, 0.05) is 6.92 Å². The van der Waals surface area contributed by atoms with Crippen LogP contribution in [-0.2, 0) is 4.79 Å². The molecule has 2 rings (SSSR count). The number of para-hydroxylation sites is 1. The van der Waals surface area contributed by atoms with E-state index >= 15 is 0 Å². The number of hydrogen-bond donors (Lipinski definition) is 1. The Bertz CT molecular complexity index is 577. The average molecular weight is 220 g/mol. The van der Waals surface area contributed by atoms with Crippen LogP contribution in [0.15, 0.2) is 29.1 Å². The highest BCUT2D eigenvalue weighted by molar-refractivity contribution is 7.13. The highest BCUT2D eigenvalue weighted by atomic mass is 32.1. The predicted molar refractivity (Wildman–Crippen MR) is 60.2 cm³/mol. The number of benzene rings is 1. The van der Waals surface area contributed by atoms with Crippen molar-refractivity contribution >= 4 is 33.3 Å². The molecule has 0 radical (unpaired) electrons. The van der Waals surface area contributed by atoms with Crippen LogP contribution >= 0.6 is 11.3 Å². The van der Waals surface area contributed by atoms with Gasteiger partial charge in [-0.2, -0.15) is 0 Å². The van der Waals surface area contributed by atoms with E-state index in [0.29, 0.717) is 16.0 Å². The fraction of sp³-hybridized carbons (Fsp3) is 0.100. The Labute approximate surface area is 89.6 Å². The van der Waals surface area contributed by atoms with Crippen molar-refractivity contribution in [3.8, 4) is 0 Å². The van der Waals surface area contributed by atoms with Crippen molar-refractivity contribution in [2.24, 2.45) is 0 Å². The van der Waals surface area contributed by atoms with Gasteiger partial charge in [-0.1, -0.05) is 23.5 Å². The molecular formula is C10H8N2O2S. The van der Waals surface area contributed by atoms with E-state index in [9.17, 15) is 9.59 Å². The van der Waals surface area contributed by atoms with E-state index in [0.717, 1.165) is 11.3 Å². The molecule has 15 heavy (non-hydrogen) atoms. The highest BCUT2D eigenvalue weighted by Crippen LogP contribution is 2.14. The molecule has 76 valence electrons. The van der Waals surface area contributed by atoms with Crippen LogP contribution in [0, 0.1) is 0 Å². The Balaban J connectivity index is 2.62. The smallest absolute Gasteiger partial charge is 0.245 e. The number of carbonyl (C=O) groups is 1. The molecule has 4 nitrogen and oxygen atoms in total. The number of fused-ring (bicyclic) bond motifs is 1. The van der Waals surface area contributed by atoms with Crippen LogP contribution in [0.1, 0.15) is 6.92 Å². The lowest BCUT2D eigenvalue weighted by Gasteiger charge is -2.00. The third-order valence-corrected chi connectivity index (χ3v) is 2.61. The molecule has 0 aliphatic carbocycles. The molecule has 0 aliphatic heterocycles. The Hall–Kier alpha value is -1.75. The largest absolute Gasteiger partial charge is 0.302 e. The molecule has 0 bridgehead atoms. The van der Waals surface area contributed by atoms with Gasteiger partial charge in [-0.25, -0.2) is 4.98 Å². The number of nitrogens with zero attached hydrogens (tertiary/aromatic N) is 1. The molecule has 0 unspecified atom stereocenters. The summed E-state index contributed by atoms with van der Waals surface area (Å²) < 4.78 is -0.0932. The van der Waals surface area contributed by atoms with E-state index in [-0.39, 0.29) is 10.6 Å². The van der Waals surface area contributed by atoms with Crippen molar-refractivity contribution in [3.05, 3.63) is 33.8 Å². The lowest BCUT2D eigenvalue weighted by molar-refractivity contribution is -0.114. The van der Waals surface area contributed by atoms with Crippen LogP contribution in [0.2, 0.25) is 0 Å². The van der Waals surface area contributed by atoms with E-state index in [4.69, 9.17) is 0 Å². The normalized spacial score (nSPS) is 10.2. The van der Waals surface area contributed by atoms with Crippen molar-refractivity contribution in [1.82, 2.24) is 4.98 Å². The second-order valence-electron chi connectivity index (χ2n) is 3.00. The van der Waals surface area contributed by atoms with Gasteiger partial charge in [0.05, 0.1) is 10.9 Å². The van der Waals surface area contributed by atoms with Gasteiger partial charge >= 0.3 is 0 Å². The molecular weight excluding hydrogens is 212 g/mol. The average Bonchev–Trinajstić information content (AvgIpc) is 2.16. The fourth-order valence-electron chi connectivity index (χ4n) is 1.22. The molecule has 2 aromatic rings. The maximum atomic E-state index is 11.6. The van der Waals surface area contributed by atoms with E-state index < -0.39 is 0 Å². The molecule has 1 aromatic heterocycles. The van der Waals surface area contributed by atoms with Gasteiger partial charge in [-0.05, 0) is 12.1 Å². The molecule has 1 aromatic carbocycles. The van der Waals surface area contributed by atoms with E-state index in [1.54, 1.807) is 24.3 Å². The first kappa shape index (κ1) is 9.79. The van der Waals surface area contributed by atoms with E-state index in [1.165, 1.54) is 6.92 Å². The van der Waals surface area contributed by atoms with Crippen LogP contribution in [0.4, 0.5) is 5.13 Å². The van der Waals surface area contributed by atoms with Crippen LogP contribution < -0.4 is 10.1 Å². The Morgan fingerprint density at radius 1 is 1.40 bits per heavy atom. The Morgan fingerprint density at radius 2 is 2.13 bits per heavy atom. The standard InChI is InChI=1S/C10H8N2O2S/c1-6(13)11-10-12-8-5-3-2-4-7(8)9(14)15-10/h2-5H,1H3,(H,11,12,13). The molecule has 0 atom stereocenters. The number of nitrogens with one attached hydrogen (secondary N) is 1. The number of carbonyl (C=O) groups excluding carboxylic acids is 1. The molecule has 1 amide bonds. The summed E-state index contributed by atoms with van der Waals surface area (Å²) in [7, 11) is 0. The zero-order valence-electron chi connectivity index (χ0n) is 7.98. The second-order valence-corrected chi connectivity index (χ2v) is 3.97. The number of amides is 1. The summed E-state index contributed by atoms with van der Waals surface area (Å²) in [5, 5.41) is 3.43. The van der Waals surface area contributed by atoms with Gasteiger partial charge < -0.3 is 5.32 Å². The van der Waals surface area contributed by atoms with E-state index in [1.807, 2.05) is 0 Å². The molecule has 1 heterocycles. The molecule has 0 saturated heterocycles. The van der Waals surface area contributed by atoms with Crippen molar-refractivity contribution in [1.29, 1.82) is 0 Å². The second kappa shape index (κ2) is 3.78. The summed E-state index contributed by atoms with van der Waals surface area (Å²) >= 11 is 0.937. The van der Waals surface area contributed by atoms with Crippen molar-refractivity contribution in [2.75, 3.05) is 5.32 Å². The van der Waals surface area contributed by atoms with Gasteiger partial charge in [-0.15, -0.1) is 0 Å². The van der Waals surface area contributed by atoms with Gasteiger partial charge in [0.25, 0.3) is 0 Å². The maximum absolute atomic E-state index is 11.6. The zero-order valence-corrected chi connectivity index (χ0v) is 8.80. The minimum absolute atomic E-state index is 0.0932. The molecule has 1 N–H and O–H groups in total. The van der Waals surface area contributed by atoms with Crippen LogP contribution in [0.5, 0.6) is 0 Å². The van der Waals surface area contributed by atoms with Gasteiger partial charge in [0.2, 0.25) is 10.6 Å². The third kappa shape index (κ3) is 2.02. The summed E-state index contributed by atoms with van der Waals surface area (Å²) in [6.45, 7) is 1.38. The summed E-state index contributed by atoms with van der Waals surface area (Å²) in [6, 6.07) is 7.06. The highest BCUT2D eigenvalue weighted by Gasteiger charge is 2.04. The van der Waals surface area contributed by atoms with Crippen molar-refractivity contribution in [3.63, 3.8) is 0 Å². The fourth-order valence-corrected chi connectivity index (χ4v) is 2.02. The molecule has 0 spiro atoms. The number of anilines is 1. The molecule has 0 saturated carbocycles. The quantitative estimate of drug-likeness (QED) is 0.794. The van der Waals surface area contributed by atoms with Crippen molar-refractivity contribution in [2.45, 2.75) is 6.92 Å². The number of aromatic nitrogens is 1. The van der Waals surface area contributed by atoms with Crippen molar-refractivity contribution < 1.29 is 4.79 Å². The van der Waals surface area contributed by atoms with Crippen LogP contribution in [-0.4, -0.2) is 10.9 Å². The van der Waals surface area contributed by atoms with Gasteiger partial charge in [0.1, 0.15) is 0 Å². The van der Waals surface area contributed by atoms with Crippen LogP contribution in [0.3, 0.4) is 0 Å². The first-order valence-electron chi connectivity index (χ1n) is 4.34. The first-order chi connectivity index (χ1) is 7.16. The maximum Gasteiger partial charge on any atom is 0.245 e. The lowest BCUT2D eigenvalue weighted by Crippen LogP contribution is -2.09. The number of rotatable bonds is 1. The van der Waals surface area contributed by atoms with Crippen LogP contribution in [0.25, 0.3) is 10.9 Å². The minimum atomic E-state index is -0.228. The topological polar surface area (TPSA) is 59.1 Å². The molecule has 5 heteroatoms. The summed E-state index contributed by atoms with van der Waals surface area (Å²) in [6.07, 6.45) is 0. The Morgan fingerprint density at radius 3 is 2.87 bits per heavy atom. The summed E-state index contributed by atoms with van der Waals surface area (Å²) in [5.41, 5.74) is 0.602.